The van der Waals surface area contributed by atoms with E-state index in [0.717, 1.165) is 50.8 Å². The number of hydrogen-bond acceptors (Lipinski definition) is 10. The minimum Gasteiger partial charge on any atom is -0.471 e. The van der Waals surface area contributed by atoms with Gasteiger partial charge in [0.25, 0.3) is 5.88 Å². The first-order valence-corrected chi connectivity index (χ1v) is 10.7. The molecule has 4 rings (SSSR count). The van der Waals surface area contributed by atoms with Gasteiger partial charge in [-0.05, 0) is 33.8 Å². The van der Waals surface area contributed by atoms with Crippen LogP contribution in [0.4, 0.5) is 11.8 Å². The average Bonchev–Trinajstić information content (AvgIpc) is 3.14. The summed E-state index contributed by atoms with van der Waals surface area (Å²) in [5.41, 5.74) is -0.728. The molecule has 2 aliphatic heterocycles. The first-order chi connectivity index (χ1) is 13.8. The lowest BCUT2D eigenvalue weighted by Gasteiger charge is -2.51. The van der Waals surface area contributed by atoms with Gasteiger partial charge in [-0.2, -0.15) is 9.44 Å². The molecule has 9 nitrogen and oxygen atoms in total. The van der Waals surface area contributed by atoms with Crippen molar-refractivity contribution >= 4 is 35.9 Å². The fraction of sp³-hybridized carbons (Fsp3) is 0.684. The highest BCUT2D eigenvalue weighted by molar-refractivity contribution is 6.99. The van der Waals surface area contributed by atoms with E-state index in [0.29, 0.717) is 5.88 Å². The fourth-order valence-corrected chi connectivity index (χ4v) is 4.95. The van der Waals surface area contributed by atoms with Crippen LogP contribution in [0, 0.1) is 0 Å². The van der Waals surface area contributed by atoms with E-state index in [1.165, 1.54) is 16.8 Å². The van der Waals surface area contributed by atoms with E-state index in [1.54, 1.807) is 12.4 Å². The predicted molar refractivity (Wildman–Crippen MR) is 119 cm³/mol. The highest BCUT2D eigenvalue weighted by atomic mass is 35.5. The molecular formula is C19H30ClN7O2S. The van der Waals surface area contributed by atoms with Crippen LogP contribution in [0.25, 0.3) is 0 Å². The Morgan fingerprint density at radius 3 is 2.13 bits per heavy atom. The molecule has 4 heterocycles. The number of halogens is 1. The summed E-state index contributed by atoms with van der Waals surface area (Å²) >= 11 is 1.18. The van der Waals surface area contributed by atoms with Crippen molar-refractivity contribution in [1.82, 2.24) is 23.8 Å². The predicted octanol–water partition coefficient (Wildman–Crippen LogP) is 2.87. The van der Waals surface area contributed by atoms with E-state index in [-0.39, 0.29) is 29.6 Å². The van der Waals surface area contributed by atoms with Gasteiger partial charge in [-0.25, -0.2) is 9.97 Å². The highest BCUT2D eigenvalue weighted by Crippen LogP contribution is 2.39. The molecule has 166 valence electrons. The van der Waals surface area contributed by atoms with Crippen LogP contribution < -0.4 is 14.5 Å². The van der Waals surface area contributed by atoms with E-state index in [9.17, 15) is 5.21 Å². The number of piperazine rings is 1. The number of nitrogens with zero attached hydrogens (tertiary/aromatic N) is 7. The molecule has 0 saturated carbocycles. The van der Waals surface area contributed by atoms with Crippen molar-refractivity contribution in [3.63, 3.8) is 0 Å². The van der Waals surface area contributed by atoms with Gasteiger partial charge in [0.15, 0.2) is 0 Å². The molecule has 30 heavy (non-hydrogen) atoms. The second kappa shape index (κ2) is 8.78. The SMILES string of the molecule is CC1(C)CC(Oc2nsnc2N2CCN(c3ncccn3)CC2)CC(C)(C)N1O.Cl. The van der Waals surface area contributed by atoms with E-state index < -0.39 is 0 Å². The zero-order chi connectivity index (χ0) is 20.6. The highest BCUT2D eigenvalue weighted by Gasteiger charge is 2.46. The molecule has 0 bridgehead atoms. The number of aromatic nitrogens is 4. The summed E-state index contributed by atoms with van der Waals surface area (Å²) < 4.78 is 15.3. The molecule has 11 heteroatoms. The summed E-state index contributed by atoms with van der Waals surface area (Å²) in [5.74, 6) is 2.17. The largest absolute Gasteiger partial charge is 0.471 e. The molecule has 2 aromatic rings. The van der Waals surface area contributed by atoms with Gasteiger partial charge in [0, 0.05) is 62.5 Å². The maximum absolute atomic E-state index is 10.5. The van der Waals surface area contributed by atoms with Crippen LogP contribution in [0.3, 0.4) is 0 Å². The normalized spacial score (nSPS) is 21.9. The third-order valence-electron chi connectivity index (χ3n) is 5.74. The lowest BCUT2D eigenvalue weighted by Crippen LogP contribution is -2.61. The van der Waals surface area contributed by atoms with Crippen LogP contribution in [0.1, 0.15) is 40.5 Å². The zero-order valence-corrected chi connectivity index (χ0v) is 19.5. The van der Waals surface area contributed by atoms with E-state index in [2.05, 4.69) is 28.5 Å². The number of piperidine rings is 1. The summed E-state index contributed by atoms with van der Waals surface area (Å²) in [6.45, 7) is 11.4. The maximum atomic E-state index is 10.5. The second-order valence-electron chi connectivity index (χ2n) is 9.00. The fourth-order valence-electron chi connectivity index (χ4n) is 4.44. The molecule has 0 atom stereocenters. The standard InChI is InChI=1S/C19H29N7O2S.ClH/c1-18(2)12-14(13-19(3,4)26(18)27)28-16-15(22-29-23-16)24-8-10-25(11-9-24)17-20-6-5-7-21-17;/h5-7,14,27H,8-13H2,1-4H3;1H. The maximum Gasteiger partial charge on any atom is 0.271 e. The molecule has 2 saturated heterocycles. The van der Waals surface area contributed by atoms with Crippen molar-refractivity contribution in [2.45, 2.75) is 57.7 Å². The lowest BCUT2D eigenvalue weighted by molar-refractivity contribution is -0.255. The van der Waals surface area contributed by atoms with Crippen LogP contribution >= 0.6 is 24.1 Å². The van der Waals surface area contributed by atoms with Gasteiger partial charge in [-0.1, -0.05) is 0 Å². The van der Waals surface area contributed by atoms with Gasteiger partial charge in [0.05, 0.1) is 11.7 Å². The van der Waals surface area contributed by atoms with Crippen molar-refractivity contribution in [3.8, 4) is 5.88 Å². The van der Waals surface area contributed by atoms with Gasteiger partial charge >= 0.3 is 0 Å². The Balaban J connectivity index is 0.00000256. The monoisotopic (exact) mass is 455 g/mol. The van der Waals surface area contributed by atoms with Crippen molar-refractivity contribution in [1.29, 1.82) is 0 Å². The molecule has 1 N–H and O–H groups in total. The molecule has 2 aromatic heterocycles. The molecule has 2 fully saturated rings. The van der Waals surface area contributed by atoms with Crippen LogP contribution in [-0.4, -0.2) is 72.3 Å². The number of ether oxygens (including phenoxy) is 1. The summed E-state index contributed by atoms with van der Waals surface area (Å²) in [6, 6.07) is 1.83. The van der Waals surface area contributed by atoms with Crippen molar-refractivity contribution in [3.05, 3.63) is 18.5 Å². The van der Waals surface area contributed by atoms with Crippen LogP contribution in [0.2, 0.25) is 0 Å². The van der Waals surface area contributed by atoms with Crippen LogP contribution in [0.5, 0.6) is 5.88 Å². The first kappa shape index (κ1) is 22.9. The summed E-state index contributed by atoms with van der Waals surface area (Å²) in [5, 5.41) is 12.0. The van der Waals surface area contributed by atoms with Crippen LogP contribution in [-0.2, 0) is 0 Å². The third-order valence-corrected chi connectivity index (χ3v) is 6.24. The molecule has 0 spiro atoms. The molecular weight excluding hydrogens is 426 g/mol. The Hall–Kier alpha value is -1.75. The summed E-state index contributed by atoms with van der Waals surface area (Å²) in [6.07, 6.45) is 4.97. The first-order valence-electron chi connectivity index (χ1n) is 10.0. The smallest absolute Gasteiger partial charge is 0.271 e. The lowest BCUT2D eigenvalue weighted by atomic mass is 9.80. The number of hydrogen-bond donors (Lipinski definition) is 1. The molecule has 0 aromatic carbocycles. The number of anilines is 2. The van der Waals surface area contributed by atoms with E-state index >= 15 is 0 Å². The number of hydroxylamine groups is 2. The minimum atomic E-state index is -0.364. The van der Waals surface area contributed by atoms with E-state index in [4.69, 9.17) is 4.74 Å². The second-order valence-corrected chi connectivity index (χ2v) is 9.53. The van der Waals surface area contributed by atoms with Crippen molar-refractivity contribution in [2.75, 3.05) is 36.0 Å². The third kappa shape index (κ3) is 4.61. The van der Waals surface area contributed by atoms with Crippen molar-refractivity contribution in [2.24, 2.45) is 0 Å². The average molecular weight is 456 g/mol. The molecule has 0 unspecified atom stereocenters. The van der Waals surface area contributed by atoms with Gasteiger partial charge in [0.2, 0.25) is 11.8 Å². The summed E-state index contributed by atoms with van der Waals surface area (Å²) in [4.78, 5) is 13.1. The Kier molecular flexibility index (Phi) is 6.71. The molecule has 0 radical (unpaired) electrons. The Morgan fingerprint density at radius 2 is 1.53 bits per heavy atom. The minimum absolute atomic E-state index is 0. The topological polar surface area (TPSA) is 90.7 Å². The Labute approximate surface area is 187 Å². The van der Waals surface area contributed by atoms with Gasteiger partial charge in [0.1, 0.15) is 6.10 Å². The molecule has 2 aliphatic rings. The van der Waals surface area contributed by atoms with Gasteiger partial charge in [-0.15, -0.1) is 16.8 Å². The van der Waals surface area contributed by atoms with Crippen LogP contribution in [0.15, 0.2) is 18.5 Å². The van der Waals surface area contributed by atoms with Gasteiger partial charge in [-0.3, -0.25) is 0 Å². The van der Waals surface area contributed by atoms with Crippen molar-refractivity contribution < 1.29 is 9.94 Å². The molecule has 0 amide bonds. The van der Waals surface area contributed by atoms with E-state index in [1.807, 2.05) is 33.8 Å². The zero-order valence-electron chi connectivity index (χ0n) is 17.9. The molecule has 0 aliphatic carbocycles. The number of rotatable bonds is 4. The quantitative estimate of drug-likeness (QED) is 0.746. The van der Waals surface area contributed by atoms with Gasteiger partial charge < -0.3 is 19.7 Å². The Bertz CT molecular complexity index is 809. The Morgan fingerprint density at radius 1 is 0.967 bits per heavy atom. The summed E-state index contributed by atoms with van der Waals surface area (Å²) in [7, 11) is 0.